The molecule has 2 aromatic rings. The minimum absolute atomic E-state index is 0.116. The third-order valence-electron chi connectivity index (χ3n) is 3.51. The lowest BCUT2D eigenvalue weighted by Gasteiger charge is -2.10. The number of methoxy groups -OCH3 is 1. The number of amides is 1. The molecule has 0 fully saturated rings. The van der Waals surface area contributed by atoms with E-state index in [4.69, 9.17) is 4.74 Å². The number of hydrogen-bond donors (Lipinski definition) is 2. The van der Waals surface area contributed by atoms with Gasteiger partial charge in [0, 0.05) is 36.5 Å². The molecule has 1 aromatic heterocycles. The van der Waals surface area contributed by atoms with Crippen LogP contribution >= 0.6 is 0 Å². The Bertz CT molecular complexity index is 789. The van der Waals surface area contributed by atoms with Crippen molar-refractivity contribution in [1.29, 1.82) is 0 Å². The van der Waals surface area contributed by atoms with Crippen LogP contribution in [0.1, 0.15) is 24.2 Å². The summed E-state index contributed by atoms with van der Waals surface area (Å²) in [6.45, 7) is 4.31. The van der Waals surface area contributed by atoms with Gasteiger partial charge in [-0.05, 0) is 32.4 Å². The Morgan fingerprint density at radius 2 is 1.92 bits per heavy atom. The SMILES string of the molecule is COc1ccc([N+](=O)[O-])cc1NC(=O)CCCNc1nc(C)cc(C)n1. The van der Waals surface area contributed by atoms with E-state index in [-0.39, 0.29) is 23.7 Å². The molecule has 1 amide bonds. The summed E-state index contributed by atoms with van der Waals surface area (Å²) in [4.78, 5) is 31.0. The van der Waals surface area contributed by atoms with Crippen molar-refractivity contribution in [2.45, 2.75) is 26.7 Å². The maximum Gasteiger partial charge on any atom is 0.271 e. The Balaban J connectivity index is 1.87. The number of nitrogens with zero attached hydrogens (tertiary/aromatic N) is 3. The molecule has 0 radical (unpaired) electrons. The molecule has 9 heteroatoms. The maximum atomic E-state index is 12.1. The maximum absolute atomic E-state index is 12.1. The quantitative estimate of drug-likeness (QED) is 0.422. The molecule has 26 heavy (non-hydrogen) atoms. The highest BCUT2D eigenvalue weighted by Crippen LogP contribution is 2.28. The summed E-state index contributed by atoms with van der Waals surface area (Å²) < 4.78 is 5.12. The van der Waals surface area contributed by atoms with E-state index in [1.54, 1.807) is 0 Å². The highest BCUT2D eigenvalue weighted by Gasteiger charge is 2.13. The van der Waals surface area contributed by atoms with Gasteiger partial charge >= 0.3 is 0 Å². The number of rotatable bonds is 8. The van der Waals surface area contributed by atoms with Crippen LogP contribution in [0.25, 0.3) is 0 Å². The van der Waals surface area contributed by atoms with E-state index in [9.17, 15) is 14.9 Å². The van der Waals surface area contributed by atoms with E-state index in [1.165, 1.54) is 25.3 Å². The van der Waals surface area contributed by atoms with Gasteiger partial charge < -0.3 is 15.4 Å². The smallest absolute Gasteiger partial charge is 0.271 e. The number of benzene rings is 1. The molecular weight excluding hydrogens is 338 g/mol. The van der Waals surface area contributed by atoms with Crippen molar-refractivity contribution in [1.82, 2.24) is 9.97 Å². The highest BCUT2D eigenvalue weighted by molar-refractivity contribution is 5.92. The van der Waals surface area contributed by atoms with E-state index in [0.29, 0.717) is 24.7 Å². The second-order valence-corrected chi connectivity index (χ2v) is 5.69. The van der Waals surface area contributed by atoms with E-state index in [2.05, 4.69) is 20.6 Å². The number of aryl methyl sites for hydroxylation is 2. The summed E-state index contributed by atoms with van der Waals surface area (Å²) in [5, 5.41) is 16.6. The minimum Gasteiger partial charge on any atom is -0.495 e. The molecule has 2 rings (SSSR count). The minimum atomic E-state index is -0.525. The lowest BCUT2D eigenvalue weighted by molar-refractivity contribution is -0.384. The van der Waals surface area contributed by atoms with E-state index in [1.807, 2.05) is 19.9 Å². The predicted octanol–water partition coefficient (Wildman–Crippen LogP) is 2.84. The van der Waals surface area contributed by atoms with Crippen molar-refractivity contribution < 1.29 is 14.5 Å². The molecule has 1 aromatic carbocycles. The van der Waals surface area contributed by atoms with Crippen LogP contribution in [0.5, 0.6) is 5.75 Å². The molecule has 0 saturated heterocycles. The first-order valence-corrected chi connectivity index (χ1v) is 8.07. The molecule has 9 nitrogen and oxygen atoms in total. The number of hydrogen-bond acceptors (Lipinski definition) is 7. The van der Waals surface area contributed by atoms with Crippen LogP contribution in [0, 0.1) is 24.0 Å². The van der Waals surface area contributed by atoms with Gasteiger partial charge in [-0.25, -0.2) is 9.97 Å². The Morgan fingerprint density at radius 3 is 2.54 bits per heavy atom. The molecule has 0 aliphatic heterocycles. The number of nitrogens with one attached hydrogen (secondary N) is 2. The zero-order valence-corrected chi connectivity index (χ0v) is 14.9. The molecule has 0 spiro atoms. The number of aromatic nitrogens is 2. The molecule has 0 aliphatic carbocycles. The van der Waals surface area contributed by atoms with Gasteiger partial charge in [-0.15, -0.1) is 0 Å². The van der Waals surface area contributed by atoms with Crippen LogP contribution in [-0.4, -0.2) is 34.5 Å². The second-order valence-electron chi connectivity index (χ2n) is 5.69. The van der Waals surface area contributed by atoms with E-state index >= 15 is 0 Å². The summed E-state index contributed by atoms with van der Waals surface area (Å²) in [5.41, 5.74) is 1.90. The number of carbonyl (C=O) groups is 1. The van der Waals surface area contributed by atoms with Crippen molar-refractivity contribution in [3.63, 3.8) is 0 Å². The fraction of sp³-hybridized carbons (Fsp3) is 0.353. The number of nitro groups is 1. The number of nitro benzene ring substituents is 1. The predicted molar refractivity (Wildman–Crippen MR) is 97.5 cm³/mol. The number of anilines is 2. The van der Waals surface area contributed by atoms with Gasteiger partial charge in [0.15, 0.2) is 0 Å². The van der Waals surface area contributed by atoms with Crippen molar-refractivity contribution >= 4 is 23.2 Å². The topological polar surface area (TPSA) is 119 Å². The van der Waals surface area contributed by atoms with Gasteiger partial charge in [0.1, 0.15) is 5.75 Å². The molecule has 0 saturated carbocycles. The summed E-state index contributed by atoms with van der Waals surface area (Å²) in [7, 11) is 1.44. The summed E-state index contributed by atoms with van der Waals surface area (Å²) in [6, 6.07) is 5.93. The first-order chi connectivity index (χ1) is 12.4. The molecule has 138 valence electrons. The molecule has 0 unspecified atom stereocenters. The monoisotopic (exact) mass is 359 g/mol. The molecule has 1 heterocycles. The van der Waals surface area contributed by atoms with Gasteiger partial charge in [-0.1, -0.05) is 0 Å². The van der Waals surface area contributed by atoms with Crippen LogP contribution in [-0.2, 0) is 4.79 Å². The van der Waals surface area contributed by atoms with Crippen LogP contribution in [0.3, 0.4) is 0 Å². The van der Waals surface area contributed by atoms with E-state index < -0.39 is 4.92 Å². The number of ether oxygens (including phenoxy) is 1. The molecular formula is C17H21N5O4. The Hall–Kier alpha value is -3.23. The zero-order valence-electron chi connectivity index (χ0n) is 14.9. The fourth-order valence-electron chi connectivity index (χ4n) is 2.37. The molecule has 2 N–H and O–H groups in total. The summed E-state index contributed by atoms with van der Waals surface area (Å²) >= 11 is 0. The first-order valence-electron chi connectivity index (χ1n) is 8.07. The van der Waals surface area contributed by atoms with Crippen molar-refractivity contribution in [3.8, 4) is 5.75 Å². The molecule has 0 bridgehead atoms. The average Bonchev–Trinajstić information content (AvgIpc) is 2.57. The van der Waals surface area contributed by atoms with Gasteiger partial charge in [-0.3, -0.25) is 14.9 Å². The number of non-ortho nitro benzene ring substituents is 1. The van der Waals surface area contributed by atoms with Gasteiger partial charge in [-0.2, -0.15) is 0 Å². The van der Waals surface area contributed by atoms with Crippen molar-refractivity contribution in [2.75, 3.05) is 24.3 Å². The molecule has 0 atom stereocenters. The van der Waals surface area contributed by atoms with Crippen LogP contribution < -0.4 is 15.4 Å². The van der Waals surface area contributed by atoms with Gasteiger partial charge in [0.05, 0.1) is 17.7 Å². The highest BCUT2D eigenvalue weighted by atomic mass is 16.6. The van der Waals surface area contributed by atoms with Crippen LogP contribution in [0.15, 0.2) is 24.3 Å². The van der Waals surface area contributed by atoms with Crippen LogP contribution in [0.4, 0.5) is 17.3 Å². The first kappa shape index (κ1) is 19.1. The lowest BCUT2D eigenvalue weighted by Crippen LogP contribution is -2.15. The summed E-state index contributed by atoms with van der Waals surface area (Å²) in [6.07, 6.45) is 0.795. The van der Waals surface area contributed by atoms with Gasteiger partial charge in [0.25, 0.3) is 5.69 Å². The largest absolute Gasteiger partial charge is 0.495 e. The lowest BCUT2D eigenvalue weighted by atomic mass is 10.2. The van der Waals surface area contributed by atoms with Crippen LogP contribution in [0.2, 0.25) is 0 Å². The fourth-order valence-corrected chi connectivity index (χ4v) is 2.37. The Labute approximate surface area is 151 Å². The van der Waals surface area contributed by atoms with Gasteiger partial charge in [0.2, 0.25) is 11.9 Å². The standard InChI is InChI=1S/C17H21N5O4/c1-11-9-12(2)20-17(19-11)18-8-4-5-16(23)21-14-10-13(22(24)25)6-7-15(14)26-3/h6-7,9-10H,4-5,8H2,1-3H3,(H,21,23)(H,18,19,20). The zero-order chi connectivity index (χ0) is 19.1. The number of carbonyl (C=O) groups excluding carboxylic acids is 1. The molecule has 0 aliphatic rings. The second kappa shape index (κ2) is 8.75. The Morgan fingerprint density at radius 1 is 1.23 bits per heavy atom. The average molecular weight is 359 g/mol. The van der Waals surface area contributed by atoms with E-state index in [0.717, 1.165) is 11.4 Å². The normalized spacial score (nSPS) is 10.3. The van der Waals surface area contributed by atoms with Crippen molar-refractivity contribution in [3.05, 3.63) is 45.8 Å². The third-order valence-corrected chi connectivity index (χ3v) is 3.51. The third kappa shape index (κ3) is 5.40. The van der Waals surface area contributed by atoms with Crippen molar-refractivity contribution in [2.24, 2.45) is 0 Å². The summed E-state index contributed by atoms with van der Waals surface area (Å²) in [5.74, 6) is 0.640. The Kier molecular flexibility index (Phi) is 6.42.